The molecule has 0 aliphatic heterocycles. The molecule has 0 saturated heterocycles. The summed E-state index contributed by atoms with van der Waals surface area (Å²) in [6.07, 6.45) is 5.83. The molecule has 112 valence electrons. The van der Waals surface area contributed by atoms with E-state index in [9.17, 15) is 5.11 Å². The molecular formula is C16H32N2O. The van der Waals surface area contributed by atoms with Gasteiger partial charge in [0.1, 0.15) is 0 Å². The number of likely N-dealkylation sites (N-methyl/N-ethyl adjacent to an activating group) is 1. The summed E-state index contributed by atoms with van der Waals surface area (Å²) in [5, 5.41) is 13.8. The van der Waals surface area contributed by atoms with E-state index in [4.69, 9.17) is 0 Å². The molecule has 0 amide bonds. The smallest absolute Gasteiger partial charge is 0.0869 e. The van der Waals surface area contributed by atoms with Crippen molar-refractivity contribution in [2.75, 3.05) is 26.7 Å². The van der Waals surface area contributed by atoms with E-state index in [1.807, 2.05) is 6.92 Å². The third-order valence-electron chi connectivity index (χ3n) is 4.93. The summed E-state index contributed by atoms with van der Waals surface area (Å²) < 4.78 is 0. The predicted molar refractivity (Wildman–Crippen MR) is 80.2 cm³/mol. The van der Waals surface area contributed by atoms with Crippen LogP contribution < -0.4 is 5.32 Å². The molecule has 0 heterocycles. The maximum Gasteiger partial charge on any atom is 0.0869 e. The lowest BCUT2D eigenvalue weighted by molar-refractivity contribution is 0.0198. The Labute approximate surface area is 118 Å². The van der Waals surface area contributed by atoms with Gasteiger partial charge in [0.2, 0.25) is 0 Å². The van der Waals surface area contributed by atoms with Crippen LogP contribution in [0, 0.1) is 17.8 Å². The van der Waals surface area contributed by atoms with Crippen LogP contribution in [-0.4, -0.2) is 48.3 Å². The highest BCUT2D eigenvalue weighted by Gasteiger charge is 2.40. The van der Waals surface area contributed by atoms with Gasteiger partial charge in [0.15, 0.2) is 0 Å². The molecule has 4 unspecified atom stereocenters. The second-order valence-corrected chi connectivity index (χ2v) is 7.66. The highest BCUT2D eigenvalue weighted by molar-refractivity contribution is 4.91. The summed E-state index contributed by atoms with van der Waals surface area (Å²) in [6.45, 7) is 8.79. The van der Waals surface area contributed by atoms with Gasteiger partial charge in [-0.25, -0.2) is 0 Å². The Morgan fingerprint density at radius 2 is 2.05 bits per heavy atom. The standard InChI is InChI=1S/C16H32N2O/c1-12(2)17-10-16(3,19)11-18(4)9-15-8-13-5-6-14(15)7-13/h12-15,17,19H,5-11H2,1-4H3. The van der Waals surface area contributed by atoms with Crippen LogP contribution in [-0.2, 0) is 0 Å². The number of hydrogen-bond donors (Lipinski definition) is 2. The van der Waals surface area contributed by atoms with Gasteiger partial charge in [-0.15, -0.1) is 0 Å². The topological polar surface area (TPSA) is 35.5 Å². The molecule has 2 bridgehead atoms. The third kappa shape index (κ3) is 4.44. The van der Waals surface area contributed by atoms with Gasteiger partial charge in [0.25, 0.3) is 0 Å². The van der Waals surface area contributed by atoms with E-state index in [1.54, 1.807) is 0 Å². The summed E-state index contributed by atoms with van der Waals surface area (Å²) in [5.41, 5.74) is -0.628. The first-order chi connectivity index (χ1) is 8.85. The van der Waals surface area contributed by atoms with Gasteiger partial charge in [0, 0.05) is 25.7 Å². The van der Waals surface area contributed by atoms with Crippen LogP contribution in [0.1, 0.15) is 46.5 Å². The second-order valence-electron chi connectivity index (χ2n) is 7.66. The van der Waals surface area contributed by atoms with E-state index in [-0.39, 0.29) is 0 Å². The zero-order valence-corrected chi connectivity index (χ0v) is 13.2. The van der Waals surface area contributed by atoms with Crippen LogP contribution in [0.3, 0.4) is 0 Å². The molecule has 2 saturated carbocycles. The number of fused-ring (bicyclic) bond motifs is 2. The number of nitrogens with zero attached hydrogens (tertiary/aromatic N) is 1. The fraction of sp³-hybridized carbons (Fsp3) is 1.00. The summed E-state index contributed by atoms with van der Waals surface area (Å²) in [4.78, 5) is 2.34. The van der Waals surface area contributed by atoms with Crippen molar-refractivity contribution in [2.24, 2.45) is 17.8 Å². The summed E-state index contributed by atoms with van der Waals surface area (Å²) in [6, 6.07) is 0.433. The zero-order valence-electron chi connectivity index (χ0n) is 13.2. The average Bonchev–Trinajstić information content (AvgIpc) is 2.87. The van der Waals surface area contributed by atoms with Gasteiger partial charge >= 0.3 is 0 Å². The van der Waals surface area contributed by atoms with Gasteiger partial charge in [-0.2, -0.15) is 0 Å². The maximum absolute atomic E-state index is 10.4. The van der Waals surface area contributed by atoms with Crippen LogP contribution in [0.5, 0.6) is 0 Å². The highest BCUT2D eigenvalue weighted by Crippen LogP contribution is 2.48. The van der Waals surface area contributed by atoms with E-state index < -0.39 is 5.60 Å². The van der Waals surface area contributed by atoms with Crippen molar-refractivity contribution in [2.45, 2.75) is 58.1 Å². The molecule has 0 aromatic rings. The number of nitrogens with one attached hydrogen (secondary N) is 1. The zero-order chi connectivity index (χ0) is 14.0. The normalized spacial score (nSPS) is 33.3. The van der Waals surface area contributed by atoms with Gasteiger partial charge in [-0.1, -0.05) is 20.3 Å². The summed E-state index contributed by atoms with van der Waals surface area (Å²) >= 11 is 0. The average molecular weight is 268 g/mol. The van der Waals surface area contributed by atoms with Gasteiger partial charge in [-0.3, -0.25) is 0 Å². The van der Waals surface area contributed by atoms with Crippen LogP contribution in [0.15, 0.2) is 0 Å². The van der Waals surface area contributed by atoms with Crippen molar-refractivity contribution in [3.63, 3.8) is 0 Å². The molecule has 2 aliphatic rings. The molecule has 0 spiro atoms. The molecule has 0 radical (unpaired) electrons. The third-order valence-corrected chi connectivity index (χ3v) is 4.93. The predicted octanol–water partition coefficient (Wildman–Crippen LogP) is 2.10. The van der Waals surface area contributed by atoms with Crippen LogP contribution in [0.2, 0.25) is 0 Å². The first kappa shape index (κ1) is 15.3. The minimum absolute atomic E-state index is 0.433. The largest absolute Gasteiger partial charge is 0.388 e. The Kier molecular flexibility index (Phi) is 4.91. The van der Waals surface area contributed by atoms with Crippen LogP contribution in [0.4, 0.5) is 0 Å². The van der Waals surface area contributed by atoms with Gasteiger partial charge in [-0.05, 0) is 51.0 Å². The Morgan fingerprint density at radius 3 is 2.58 bits per heavy atom. The Hall–Kier alpha value is -0.120. The molecule has 2 aliphatic carbocycles. The Bertz CT molecular complexity index is 290. The fourth-order valence-electron chi connectivity index (χ4n) is 4.13. The second kappa shape index (κ2) is 6.11. The first-order valence-electron chi connectivity index (χ1n) is 8.00. The molecule has 4 atom stereocenters. The molecule has 2 fully saturated rings. The summed E-state index contributed by atoms with van der Waals surface area (Å²) in [7, 11) is 2.16. The molecular weight excluding hydrogens is 236 g/mol. The van der Waals surface area contributed by atoms with Crippen molar-refractivity contribution in [1.82, 2.24) is 10.2 Å². The maximum atomic E-state index is 10.4. The van der Waals surface area contributed by atoms with Crippen molar-refractivity contribution in [1.29, 1.82) is 0 Å². The van der Waals surface area contributed by atoms with Crippen molar-refractivity contribution >= 4 is 0 Å². The van der Waals surface area contributed by atoms with Crippen LogP contribution >= 0.6 is 0 Å². The first-order valence-corrected chi connectivity index (χ1v) is 8.00. The Morgan fingerprint density at radius 1 is 1.32 bits per heavy atom. The van der Waals surface area contributed by atoms with E-state index >= 15 is 0 Å². The molecule has 3 heteroatoms. The lowest BCUT2D eigenvalue weighted by Gasteiger charge is -2.33. The van der Waals surface area contributed by atoms with E-state index in [0.717, 1.165) is 24.3 Å². The minimum Gasteiger partial charge on any atom is -0.388 e. The lowest BCUT2D eigenvalue weighted by atomic mass is 9.88. The molecule has 3 nitrogen and oxygen atoms in total. The highest BCUT2D eigenvalue weighted by atomic mass is 16.3. The van der Waals surface area contributed by atoms with Crippen molar-refractivity contribution in [3.8, 4) is 0 Å². The SMILES string of the molecule is CC(C)NCC(C)(O)CN(C)CC1CC2CCC1C2. The Balaban J connectivity index is 1.72. The van der Waals surface area contributed by atoms with Gasteiger partial charge in [0.05, 0.1) is 5.60 Å². The number of aliphatic hydroxyl groups is 1. The summed E-state index contributed by atoms with van der Waals surface area (Å²) in [5.74, 6) is 2.88. The van der Waals surface area contributed by atoms with Crippen LogP contribution in [0.25, 0.3) is 0 Å². The number of hydrogen-bond acceptors (Lipinski definition) is 3. The molecule has 19 heavy (non-hydrogen) atoms. The van der Waals surface area contributed by atoms with E-state index in [1.165, 1.54) is 32.2 Å². The number of rotatable bonds is 7. The molecule has 0 aromatic carbocycles. The van der Waals surface area contributed by atoms with Crippen molar-refractivity contribution in [3.05, 3.63) is 0 Å². The van der Waals surface area contributed by atoms with E-state index in [0.29, 0.717) is 12.6 Å². The monoisotopic (exact) mass is 268 g/mol. The van der Waals surface area contributed by atoms with E-state index in [2.05, 4.69) is 31.1 Å². The quantitative estimate of drug-likeness (QED) is 0.742. The van der Waals surface area contributed by atoms with Crippen molar-refractivity contribution < 1.29 is 5.11 Å². The molecule has 2 rings (SSSR count). The molecule has 2 N–H and O–H groups in total. The molecule has 0 aromatic heterocycles. The minimum atomic E-state index is -0.628. The fourth-order valence-corrected chi connectivity index (χ4v) is 4.13. The van der Waals surface area contributed by atoms with Gasteiger partial charge < -0.3 is 15.3 Å². The lowest BCUT2D eigenvalue weighted by Crippen LogP contribution is -2.49.